The van der Waals surface area contributed by atoms with Crippen LogP contribution < -0.4 is 10.1 Å². The molecule has 160 valence electrons. The second-order valence-corrected chi connectivity index (χ2v) is 7.66. The van der Waals surface area contributed by atoms with E-state index >= 15 is 0 Å². The van der Waals surface area contributed by atoms with Gasteiger partial charge in [-0.3, -0.25) is 9.59 Å². The maximum atomic E-state index is 12.5. The van der Waals surface area contributed by atoms with Crippen LogP contribution in [-0.2, 0) is 15.0 Å². The van der Waals surface area contributed by atoms with E-state index in [2.05, 4.69) is 5.32 Å². The summed E-state index contributed by atoms with van der Waals surface area (Å²) >= 11 is 0. The highest BCUT2D eigenvalue weighted by Gasteiger charge is 2.39. The fourth-order valence-electron chi connectivity index (χ4n) is 3.55. The van der Waals surface area contributed by atoms with Crippen molar-refractivity contribution in [1.29, 1.82) is 0 Å². The summed E-state index contributed by atoms with van der Waals surface area (Å²) in [6, 6.07) is 25.8. The molecular weight excluding hydrogens is 404 g/mol. The number of carbonyl (C=O) groups is 2. The predicted octanol–water partition coefficient (Wildman–Crippen LogP) is 4.89. The minimum Gasteiger partial charge on any atom is -0.492 e. The Morgan fingerprint density at radius 3 is 2.41 bits per heavy atom. The number of amides is 1. The van der Waals surface area contributed by atoms with Gasteiger partial charge >= 0.3 is 5.97 Å². The van der Waals surface area contributed by atoms with E-state index in [0.717, 1.165) is 16.5 Å². The van der Waals surface area contributed by atoms with Crippen molar-refractivity contribution >= 4 is 29.0 Å². The van der Waals surface area contributed by atoms with Gasteiger partial charge in [0, 0.05) is 16.6 Å². The van der Waals surface area contributed by atoms with Gasteiger partial charge in [0.2, 0.25) is 6.41 Å². The van der Waals surface area contributed by atoms with Gasteiger partial charge in [-0.1, -0.05) is 48.5 Å². The summed E-state index contributed by atoms with van der Waals surface area (Å²) in [6.07, 6.45) is 0.592. The molecular formula is C26H22N2O4. The van der Waals surface area contributed by atoms with Crippen molar-refractivity contribution in [2.75, 3.05) is 11.9 Å². The van der Waals surface area contributed by atoms with Crippen molar-refractivity contribution < 1.29 is 19.4 Å². The number of hydrogen-bond acceptors (Lipinski definition) is 4. The number of ether oxygens (including phenoxy) is 1. The van der Waals surface area contributed by atoms with Crippen molar-refractivity contribution in [2.45, 2.75) is 12.3 Å². The molecule has 0 saturated heterocycles. The summed E-state index contributed by atoms with van der Waals surface area (Å²) in [6.45, 7) is 1.55. The Kier molecular flexibility index (Phi) is 5.85. The molecule has 1 heterocycles. The number of carbonyl (C=O) groups excluding carboxylic acids is 1. The van der Waals surface area contributed by atoms with Gasteiger partial charge in [0.25, 0.3) is 0 Å². The second kappa shape index (κ2) is 8.89. The predicted molar refractivity (Wildman–Crippen MR) is 124 cm³/mol. The van der Waals surface area contributed by atoms with Gasteiger partial charge in [0.15, 0.2) is 0 Å². The second-order valence-electron chi connectivity index (χ2n) is 7.66. The van der Waals surface area contributed by atoms with Gasteiger partial charge in [-0.15, -0.1) is 0 Å². The first-order valence-electron chi connectivity index (χ1n) is 10.1. The minimum absolute atomic E-state index is 0.0946. The first kappa shape index (κ1) is 21.1. The lowest BCUT2D eigenvalue weighted by molar-refractivity contribution is -0.144. The zero-order valence-corrected chi connectivity index (χ0v) is 17.5. The lowest BCUT2D eigenvalue weighted by Crippen LogP contribution is -2.39. The van der Waals surface area contributed by atoms with Gasteiger partial charge in [0.05, 0.1) is 11.2 Å². The Morgan fingerprint density at radius 2 is 1.72 bits per heavy atom. The molecule has 0 aliphatic rings. The highest BCUT2D eigenvalue weighted by molar-refractivity contribution is 5.90. The monoisotopic (exact) mass is 426 g/mol. The van der Waals surface area contributed by atoms with Crippen LogP contribution in [0.2, 0.25) is 0 Å². The minimum atomic E-state index is -1.36. The Balaban J connectivity index is 1.77. The zero-order chi connectivity index (χ0) is 22.6. The lowest BCUT2D eigenvalue weighted by atomic mass is 9.80. The van der Waals surface area contributed by atoms with Gasteiger partial charge in [-0.05, 0) is 48.9 Å². The fraction of sp³-hybridized carbons (Fsp3) is 0.115. The molecule has 0 aliphatic carbocycles. The van der Waals surface area contributed by atoms with E-state index in [1.807, 2.05) is 60.7 Å². The normalized spacial score (nSPS) is 12.7. The van der Waals surface area contributed by atoms with Gasteiger partial charge in [-0.2, -0.15) is 0 Å². The molecule has 0 spiro atoms. The number of aliphatic carboxylic acids is 1. The molecule has 32 heavy (non-hydrogen) atoms. The number of pyridine rings is 1. The smallest absolute Gasteiger partial charge is 0.317 e. The molecule has 0 aliphatic heterocycles. The molecule has 0 radical (unpaired) electrons. The van der Waals surface area contributed by atoms with E-state index in [1.54, 1.807) is 31.2 Å². The lowest BCUT2D eigenvalue weighted by Gasteiger charge is -2.28. The molecule has 0 bridgehead atoms. The Morgan fingerprint density at radius 1 is 1.03 bits per heavy atom. The molecule has 2 N–H and O–H groups in total. The molecule has 1 amide bonds. The Labute approximate surface area is 185 Å². The van der Waals surface area contributed by atoms with Crippen molar-refractivity contribution in [1.82, 2.24) is 4.98 Å². The summed E-state index contributed by atoms with van der Waals surface area (Å²) < 4.78 is 5.90. The van der Waals surface area contributed by atoms with Gasteiger partial charge in [0.1, 0.15) is 17.8 Å². The van der Waals surface area contributed by atoms with E-state index in [0.29, 0.717) is 29.1 Å². The Bertz CT molecular complexity index is 1260. The maximum Gasteiger partial charge on any atom is 0.317 e. The standard InChI is InChI=1S/C26H22N2O4/c1-26(25(30)31,16-32-21-13-11-20(12-14-21)27-17-29)22-15-19-9-5-6-10-23(19)28-24(22)18-7-3-2-4-8-18/h2-15,17H,16H2,1H3,(H,27,29)(H,30,31). The average Bonchev–Trinajstić information content (AvgIpc) is 2.83. The number of rotatable bonds is 8. The van der Waals surface area contributed by atoms with Crippen LogP contribution in [0.4, 0.5) is 5.69 Å². The molecule has 4 rings (SSSR count). The van der Waals surface area contributed by atoms with Crippen molar-refractivity contribution in [2.24, 2.45) is 0 Å². The summed E-state index contributed by atoms with van der Waals surface area (Å²) in [5.74, 6) is -0.505. The van der Waals surface area contributed by atoms with Crippen molar-refractivity contribution in [3.63, 3.8) is 0 Å². The summed E-state index contributed by atoms with van der Waals surface area (Å²) in [7, 11) is 0. The number of anilines is 1. The Hall–Kier alpha value is -4.19. The number of aromatic nitrogens is 1. The van der Waals surface area contributed by atoms with E-state index in [1.165, 1.54) is 0 Å². The zero-order valence-electron chi connectivity index (χ0n) is 17.5. The van der Waals surface area contributed by atoms with E-state index < -0.39 is 11.4 Å². The molecule has 1 unspecified atom stereocenters. The summed E-state index contributed by atoms with van der Waals surface area (Å²) in [5.41, 5.74) is 2.09. The number of hydrogen-bond donors (Lipinski definition) is 2. The maximum absolute atomic E-state index is 12.5. The fourth-order valence-corrected chi connectivity index (χ4v) is 3.55. The van der Waals surface area contributed by atoms with Crippen LogP contribution in [0.5, 0.6) is 5.75 Å². The van der Waals surface area contributed by atoms with Gasteiger partial charge in [-0.25, -0.2) is 4.98 Å². The highest BCUT2D eigenvalue weighted by atomic mass is 16.5. The van der Waals surface area contributed by atoms with Crippen LogP contribution in [-0.4, -0.2) is 29.1 Å². The third kappa shape index (κ3) is 4.16. The molecule has 0 saturated carbocycles. The number of carboxylic acid groups (broad SMARTS) is 1. The number of benzene rings is 3. The number of fused-ring (bicyclic) bond motifs is 1. The van der Waals surface area contributed by atoms with Gasteiger partial charge < -0.3 is 15.2 Å². The SMILES string of the molecule is CC(COc1ccc(NC=O)cc1)(C(=O)O)c1cc2ccccc2nc1-c1ccccc1. The van der Waals surface area contributed by atoms with Crippen LogP contribution >= 0.6 is 0 Å². The van der Waals surface area contributed by atoms with Crippen LogP contribution in [0.15, 0.2) is 84.9 Å². The number of para-hydroxylation sites is 1. The van der Waals surface area contributed by atoms with Crippen molar-refractivity contribution in [3.05, 3.63) is 90.5 Å². The molecule has 1 aromatic heterocycles. The van der Waals surface area contributed by atoms with Crippen LogP contribution in [0.1, 0.15) is 12.5 Å². The first-order valence-corrected chi connectivity index (χ1v) is 10.1. The number of carboxylic acids is 1. The van der Waals surface area contributed by atoms with E-state index in [-0.39, 0.29) is 6.61 Å². The molecule has 3 aromatic carbocycles. The third-order valence-corrected chi connectivity index (χ3v) is 5.45. The highest BCUT2D eigenvalue weighted by Crippen LogP contribution is 2.35. The van der Waals surface area contributed by atoms with Crippen LogP contribution in [0.25, 0.3) is 22.2 Å². The van der Waals surface area contributed by atoms with Crippen LogP contribution in [0.3, 0.4) is 0 Å². The number of nitrogens with one attached hydrogen (secondary N) is 1. The summed E-state index contributed by atoms with van der Waals surface area (Å²) in [4.78, 5) is 27.9. The third-order valence-electron chi connectivity index (χ3n) is 5.45. The summed E-state index contributed by atoms with van der Waals surface area (Å²) in [5, 5.41) is 13.7. The molecule has 1 atom stereocenters. The largest absolute Gasteiger partial charge is 0.492 e. The number of nitrogens with zero attached hydrogens (tertiary/aromatic N) is 1. The van der Waals surface area contributed by atoms with E-state index in [4.69, 9.17) is 9.72 Å². The molecule has 4 aromatic rings. The topological polar surface area (TPSA) is 88.5 Å². The van der Waals surface area contributed by atoms with Crippen LogP contribution in [0, 0.1) is 0 Å². The first-order chi connectivity index (χ1) is 15.5. The molecule has 6 heteroatoms. The van der Waals surface area contributed by atoms with E-state index in [9.17, 15) is 14.7 Å². The molecule has 0 fully saturated rings. The average molecular weight is 426 g/mol. The quantitative estimate of drug-likeness (QED) is 0.392. The molecule has 6 nitrogen and oxygen atoms in total. The van der Waals surface area contributed by atoms with Crippen molar-refractivity contribution in [3.8, 4) is 17.0 Å².